The predicted molar refractivity (Wildman–Crippen MR) is 77.1 cm³/mol. The van der Waals surface area contributed by atoms with E-state index >= 15 is 0 Å². The second-order valence-electron chi connectivity index (χ2n) is 5.39. The highest BCUT2D eigenvalue weighted by Gasteiger charge is 2.30. The van der Waals surface area contributed by atoms with Crippen molar-refractivity contribution in [3.63, 3.8) is 0 Å². The van der Waals surface area contributed by atoms with Gasteiger partial charge in [-0.25, -0.2) is 0 Å². The van der Waals surface area contributed by atoms with E-state index in [1.807, 2.05) is 4.90 Å². The van der Waals surface area contributed by atoms with Crippen LogP contribution in [-0.4, -0.2) is 40.1 Å². The predicted octanol–water partition coefficient (Wildman–Crippen LogP) is 1.69. The third-order valence-electron chi connectivity index (χ3n) is 3.50. The van der Waals surface area contributed by atoms with Crippen molar-refractivity contribution in [1.29, 1.82) is 0 Å². The van der Waals surface area contributed by atoms with Gasteiger partial charge in [0.15, 0.2) is 0 Å². The molecule has 0 bridgehead atoms. The lowest BCUT2D eigenvalue weighted by molar-refractivity contribution is 0.0743. The maximum Gasteiger partial charge on any atom is 0.255 e. The van der Waals surface area contributed by atoms with Crippen LogP contribution in [0.25, 0.3) is 0 Å². The van der Waals surface area contributed by atoms with Gasteiger partial charge in [0, 0.05) is 37.0 Å². The van der Waals surface area contributed by atoms with Gasteiger partial charge in [0.2, 0.25) is 0 Å². The summed E-state index contributed by atoms with van der Waals surface area (Å²) in [5.74, 6) is 6.32. The maximum absolute atomic E-state index is 12.5. The zero-order chi connectivity index (χ0) is 14.5. The first-order valence-electron chi connectivity index (χ1n) is 6.97. The largest absolute Gasteiger partial charge is 0.395 e. The molecule has 0 aliphatic carbocycles. The number of pyridine rings is 1. The molecule has 1 N–H and O–H groups in total. The van der Waals surface area contributed by atoms with Crippen LogP contribution in [0.3, 0.4) is 0 Å². The summed E-state index contributed by atoms with van der Waals surface area (Å²) >= 11 is 0. The molecule has 1 aliphatic heterocycles. The molecule has 0 saturated carbocycles. The zero-order valence-corrected chi connectivity index (χ0v) is 12.0. The van der Waals surface area contributed by atoms with Gasteiger partial charge < -0.3 is 10.0 Å². The first kappa shape index (κ1) is 14.5. The lowest BCUT2D eigenvalue weighted by Gasteiger charge is -2.21. The highest BCUT2D eigenvalue weighted by Crippen LogP contribution is 2.24. The fraction of sp³-hybridized carbons (Fsp3) is 0.500. The summed E-state index contributed by atoms with van der Waals surface area (Å²) in [5.41, 5.74) is 1.30. The van der Waals surface area contributed by atoms with E-state index in [9.17, 15) is 4.79 Å². The molecule has 1 saturated heterocycles. The first-order valence-corrected chi connectivity index (χ1v) is 6.97. The number of aliphatic hydroxyl groups is 1. The topological polar surface area (TPSA) is 53.4 Å². The minimum absolute atomic E-state index is 0.0279. The molecule has 2 heterocycles. The van der Waals surface area contributed by atoms with E-state index in [2.05, 4.69) is 30.7 Å². The van der Waals surface area contributed by atoms with Crippen LogP contribution in [0.1, 0.15) is 42.6 Å². The van der Waals surface area contributed by atoms with Crippen molar-refractivity contribution in [2.45, 2.75) is 32.7 Å². The van der Waals surface area contributed by atoms with Crippen molar-refractivity contribution in [1.82, 2.24) is 9.88 Å². The van der Waals surface area contributed by atoms with Gasteiger partial charge in [-0.2, -0.15) is 0 Å². The normalized spacial score (nSPS) is 21.4. The summed E-state index contributed by atoms with van der Waals surface area (Å²) in [6.07, 6.45) is 4.71. The van der Waals surface area contributed by atoms with Crippen molar-refractivity contribution in [2.75, 3.05) is 13.2 Å². The number of aromatic nitrogens is 1. The van der Waals surface area contributed by atoms with E-state index in [0.29, 0.717) is 23.5 Å². The minimum Gasteiger partial charge on any atom is -0.395 e. The van der Waals surface area contributed by atoms with Crippen molar-refractivity contribution in [2.24, 2.45) is 5.92 Å². The van der Waals surface area contributed by atoms with Gasteiger partial charge in [-0.15, -0.1) is 0 Å². The SMILES string of the molecule is CC1CC(C)N(C(=O)c2cncc(C#CCCO)c2)C1. The highest BCUT2D eigenvalue weighted by atomic mass is 16.2. The monoisotopic (exact) mass is 272 g/mol. The summed E-state index contributed by atoms with van der Waals surface area (Å²) in [6.45, 7) is 5.10. The Hall–Kier alpha value is -1.86. The molecule has 0 radical (unpaired) electrons. The zero-order valence-electron chi connectivity index (χ0n) is 12.0. The Labute approximate surface area is 119 Å². The van der Waals surface area contributed by atoms with E-state index in [1.165, 1.54) is 0 Å². The molecule has 1 fully saturated rings. The van der Waals surface area contributed by atoms with Gasteiger partial charge in [0.05, 0.1) is 12.2 Å². The quantitative estimate of drug-likeness (QED) is 0.834. The summed E-state index contributed by atoms with van der Waals surface area (Å²) < 4.78 is 0. The average molecular weight is 272 g/mol. The molecule has 1 aromatic heterocycles. The van der Waals surface area contributed by atoms with Crippen LogP contribution in [0.4, 0.5) is 0 Å². The number of carbonyl (C=O) groups is 1. The Bertz CT molecular complexity index is 545. The second-order valence-corrected chi connectivity index (χ2v) is 5.39. The van der Waals surface area contributed by atoms with Crippen LogP contribution in [0.15, 0.2) is 18.5 Å². The van der Waals surface area contributed by atoms with Crippen LogP contribution >= 0.6 is 0 Å². The molecule has 1 aliphatic rings. The van der Waals surface area contributed by atoms with Crippen LogP contribution in [0.5, 0.6) is 0 Å². The summed E-state index contributed by atoms with van der Waals surface area (Å²) in [4.78, 5) is 18.5. The second kappa shape index (κ2) is 6.53. The highest BCUT2D eigenvalue weighted by molar-refractivity contribution is 5.94. The Morgan fingerprint density at radius 2 is 2.30 bits per heavy atom. The van der Waals surface area contributed by atoms with Crippen LogP contribution in [-0.2, 0) is 0 Å². The lowest BCUT2D eigenvalue weighted by Crippen LogP contribution is -2.34. The number of likely N-dealkylation sites (tertiary alicyclic amines) is 1. The molecule has 1 amide bonds. The van der Waals surface area contributed by atoms with E-state index in [-0.39, 0.29) is 18.6 Å². The van der Waals surface area contributed by atoms with Gasteiger partial charge in [-0.3, -0.25) is 9.78 Å². The number of rotatable bonds is 2. The van der Waals surface area contributed by atoms with Crippen molar-refractivity contribution >= 4 is 5.91 Å². The van der Waals surface area contributed by atoms with Crippen molar-refractivity contribution in [3.8, 4) is 11.8 Å². The van der Waals surface area contributed by atoms with Gasteiger partial charge >= 0.3 is 0 Å². The fourth-order valence-electron chi connectivity index (χ4n) is 2.59. The molecule has 0 aromatic carbocycles. The Balaban J connectivity index is 2.15. The fourth-order valence-corrected chi connectivity index (χ4v) is 2.59. The summed E-state index contributed by atoms with van der Waals surface area (Å²) in [6, 6.07) is 2.05. The van der Waals surface area contributed by atoms with Gasteiger partial charge in [0.1, 0.15) is 0 Å². The average Bonchev–Trinajstić information content (AvgIpc) is 2.77. The molecule has 106 valence electrons. The number of aliphatic hydroxyl groups excluding tert-OH is 1. The third-order valence-corrected chi connectivity index (χ3v) is 3.50. The van der Waals surface area contributed by atoms with Crippen LogP contribution in [0, 0.1) is 17.8 Å². The number of nitrogens with zero attached hydrogens (tertiary/aromatic N) is 2. The minimum atomic E-state index is 0.0279. The van der Waals surface area contributed by atoms with E-state index in [0.717, 1.165) is 13.0 Å². The Morgan fingerprint density at radius 3 is 2.95 bits per heavy atom. The Kier molecular flexibility index (Phi) is 4.75. The van der Waals surface area contributed by atoms with E-state index in [1.54, 1.807) is 18.5 Å². The number of hydrogen-bond donors (Lipinski definition) is 1. The third kappa shape index (κ3) is 3.37. The van der Waals surface area contributed by atoms with Crippen LogP contribution < -0.4 is 0 Å². The molecule has 4 heteroatoms. The maximum atomic E-state index is 12.5. The van der Waals surface area contributed by atoms with Crippen molar-refractivity contribution in [3.05, 3.63) is 29.6 Å². The molecular weight excluding hydrogens is 252 g/mol. The van der Waals surface area contributed by atoms with Crippen molar-refractivity contribution < 1.29 is 9.90 Å². The molecule has 2 unspecified atom stereocenters. The van der Waals surface area contributed by atoms with Gasteiger partial charge in [-0.05, 0) is 25.3 Å². The first-order chi connectivity index (χ1) is 9.61. The smallest absolute Gasteiger partial charge is 0.255 e. The molecular formula is C16H20N2O2. The van der Waals surface area contributed by atoms with Gasteiger partial charge in [0.25, 0.3) is 5.91 Å². The Morgan fingerprint density at radius 1 is 1.50 bits per heavy atom. The summed E-state index contributed by atoms with van der Waals surface area (Å²) in [5, 5.41) is 8.71. The lowest BCUT2D eigenvalue weighted by atomic mass is 10.1. The number of hydrogen-bond acceptors (Lipinski definition) is 3. The standard InChI is InChI=1S/C16H20N2O2/c1-12-7-13(2)18(11-12)16(20)15-8-14(9-17-10-15)5-3-4-6-19/h8-10,12-13,19H,4,6-7,11H2,1-2H3. The number of carbonyl (C=O) groups excluding carboxylic acids is 1. The van der Waals surface area contributed by atoms with E-state index in [4.69, 9.17) is 5.11 Å². The molecule has 20 heavy (non-hydrogen) atoms. The molecule has 4 nitrogen and oxygen atoms in total. The van der Waals surface area contributed by atoms with E-state index < -0.39 is 0 Å². The van der Waals surface area contributed by atoms with Crippen LogP contribution in [0.2, 0.25) is 0 Å². The molecule has 2 rings (SSSR count). The molecule has 2 atom stereocenters. The number of amides is 1. The molecule has 0 spiro atoms. The summed E-state index contributed by atoms with van der Waals surface area (Å²) in [7, 11) is 0. The van der Waals surface area contributed by atoms with Gasteiger partial charge in [-0.1, -0.05) is 18.8 Å². The molecule has 1 aromatic rings.